The molecule has 1 atom stereocenters. The summed E-state index contributed by atoms with van der Waals surface area (Å²) in [4.78, 5) is 0. The summed E-state index contributed by atoms with van der Waals surface area (Å²) in [5, 5.41) is 19.1. The molecule has 0 amide bonds. The molecule has 0 aliphatic heterocycles. The minimum absolute atomic E-state index is 0.0807. The van der Waals surface area contributed by atoms with E-state index >= 15 is 0 Å². The predicted octanol–water partition coefficient (Wildman–Crippen LogP) is 3.13. The highest BCUT2D eigenvalue weighted by atomic mass is 16.3. The van der Waals surface area contributed by atoms with Gasteiger partial charge in [-0.1, -0.05) is 26.8 Å². The van der Waals surface area contributed by atoms with E-state index in [1.807, 2.05) is 12.1 Å². The lowest BCUT2D eigenvalue weighted by molar-refractivity contribution is 0.194. The summed E-state index contributed by atoms with van der Waals surface area (Å²) in [7, 11) is 0. The SMILES string of the molecule is CCC(C)(C)c1ccc(O)c(C(C)O)c1. The summed E-state index contributed by atoms with van der Waals surface area (Å²) in [6.07, 6.45) is 0.398. The number of hydrogen-bond acceptors (Lipinski definition) is 2. The van der Waals surface area contributed by atoms with Gasteiger partial charge in [-0.15, -0.1) is 0 Å². The van der Waals surface area contributed by atoms with Crippen LogP contribution >= 0.6 is 0 Å². The Hall–Kier alpha value is -1.02. The smallest absolute Gasteiger partial charge is 0.121 e. The lowest BCUT2D eigenvalue weighted by Crippen LogP contribution is -2.15. The van der Waals surface area contributed by atoms with Crippen molar-refractivity contribution >= 4 is 0 Å². The molecule has 1 rings (SSSR count). The van der Waals surface area contributed by atoms with Gasteiger partial charge in [0.1, 0.15) is 5.75 Å². The van der Waals surface area contributed by atoms with E-state index in [9.17, 15) is 10.2 Å². The molecule has 0 saturated carbocycles. The van der Waals surface area contributed by atoms with Gasteiger partial charge in [0.15, 0.2) is 0 Å². The Labute approximate surface area is 91.6 Å². The summed E-state index contributed by atoms with van der Waals surface area (Å²) >= 11 is 0. The fraction of sp³-hybridized carbons (Fsp3) is 0.538. The molecular formula is C13H20O2. The standard InChI is InChI=1S/C13H20O2/c1-5-13(3,4)10-6-7-12(15)11(8-10)9(2)14/h6-9,14-15H,5H2,1-4H3. The minimum atomic E-state index is -0.627. The van der Waals surface area contributed by atoms with Gasteiger partial charge in [0, 0.05) is 5.56 Å². The van der Waals surface area contributed by atoms with Crippen LogP contribution in [0.2, 0.25) is 0 Å². The number of aliphatic hydroxyl groups is 1. The molecule has 1 aromatic rings. The second kappa shape index (κ2) is 4.23. The molecule has 0 heterocycles. The zero-order chi connectivity index (χ0) is 11.6. The van der Waals surface area contributed by atoms with Crippen LogP contribution in [0.1, 0.15) is 51.3 Å². The minimum Gasteiger partial charge on any atom is -0.508 e. The topological polar surface area (TPSA) is 40.5 Å². The Morgan fingerprint density at radius 2 is 1.93 bits per heavy atom. The maximum atomic E-state index is 9.58. The molecule has 2 nitrogen and oxygen atoms in total. The van der Waals surface area contributed by atoms with Crippen molar-refractivity contribution in [3.8, 4) is 5.75 Å². The summed E-state index contributed by atoms with van der Waals surface area (Å²) in [6.45, 7) is 8.11. The molecule has 0 aliphatic carbocycles. The third-order valence-electron chi connectivity index (χ3n) is 3.14. The molecule has 0 saturated heterocycles. The van der Waals surface area contributed by atoms with Gasteiger partial charge < -0.3 is 10.2 Å². The van der Waals surface area contributed by atoms with E-state index in [1.54, 1.807) is 13.0 Å². The number of rotatable bonds is 3. The van der Waals surface area contributed by atoms with E-state index < -0.39 is 6.10 Å². The van der Waals surface area contributed by atoms with Crippen LogP contribution in [0.4, 0.5) is 0 Å². The average Bonchev–Trinajstić information content (AvgIpc) is 2.17. The molecule has 2 heteroatoms. The second-order valence-electron chi connectivity index (χ2n) is 4.69. The number of aliphatic hydroxyl groups excluding tert-OH is 1. The van der Waals surface area contributed by atoms with E-state index in [4.69, 9.17) is 0 Å². The van der Waals surface area contributed by atoms with Gasteiger partial charge in [-0.05, 0) is 36.5 Å². The van der Waals surface area contributed by atoms with Gasteiger partial charge in [0.25, 0.3) is 0 Å². The van der Waals surface area contributed by atoms with Crippen molar-refractivity contribution in [2.75, 3.05) is 0 Å². The zero-order valence-electron chi connectivity index (χ0n) is 9.91. The lowest BCUT2D eigenvalue weighted by Gasteiger charge is -2.24. The van der Waals surface area contributed by atoms with Gasteiger partial charge in [-0.25, -0.2) is 0 Å². The van der Waals surface area contributed by atoms with Crippen molar-refractivity contribution in [1.82, 2.24) is 0 Å². The van der Waals surface area contributed by atoms with Gasteiger partial charge in [-0.2, -0.15) is 0 Å². The number of aromatic hydroxyl groups is 1. The van der Waals surface area contributed by atoms with E-state index in [2.05, 4.69) is 20.8 Å². The largest absolute Gasteiger partial charge is 0.508 e. The Balaban J connectivity index is 3.19. The number of phenols is 1. The van der Waals surface area contributed by atoms with Gasteiger partial charge in [0.2, 0.25) is 0 Å². The van der Waals surface area contributed by atoms with E-state index in [-0.39, 0.29) is 11.2 Å². The van der Waals surface area contributed by atoms with E-state index in [0.717, 1.165) is 12.0 Å². The summed E-state index contributed by atoms with van der Waals surface area (Å²) < 4.78 is 0. The Kier molecular flexibility index (Phi) is 3.40. The fourth-order valence-electron chi connectivity index (χ4n) is 1.51. The molecule has 0 spiro atoms. The third-order valence-corrected chi connectivity index (χ3v) is 3.14. The molecule has 0 radical (unpaired) electrons. The van der Waals surface area contributed by atoms with Crippen molar-refractivity contribution in [3.05, 3.63) is 29.3 Å². The molecular weight excluding hydrogens is 188 g/mol. The van der Waals surface area contributed by atoms with Crippen LogP contribution in [0.5, 0.6) is 5.75 Å². The Bertz CT molecular complexity index is 340. The highest BCUT2D eigenvalue weighted by Gasteiger charge is 2.20. The van der Waals surface area contributed by atoms with Crippen LogP contribution in [0.3, 0.4) is 0 Å². The van der Waals surface area contributed by atoms with E-state index in [1.165, 1.54) is 0 Å². The average molecular weight is 208 g/mol. The first-order chi connectivity index (χ1) is 6.88. The maximum absolute atomic E-state index is 9.58. The molecule has 2 N–H and O–H groups in total. The van der Waals surface area contributed by atoms with Gasteiger partial charge >= 0.3 is 0 Å². The van der Waals surface area contributed by atoms with Crippen LogP contribution in [0, 0.1) is 0 Å². The van der Waals surface area contributed by atoms with Gasteiger partial charge in [0.05, 0.1) is 6.10 Å². The Morgan fingerprint density at radius 3 is 2.40 bits per heavy atom. The number of phenolic OH excluding ortho intramolecular Hbond substituents is 1. The third kappa shape index (κ3) is 2.51. The molecule has 15 heavy (non-hydrogen) atoms. The summed E-state index contributed by atoms with van der Waals surface area (Å²) in [6, 6.07) is 5.48. The Morgan fingerprint density at radius 1 is 1.33 bits per heavy atom. The van der Waals surface area contributed by atoms with Crippen LogP contribution in [-0.2, 0) is 5.41 Å². The predicted molar refractivity (Wildman–Crippen MR) is 62.1 cm³/mol. The van der Waals surface area contributed by atoms with Gasteiger partial charge in [-0.3, -0.25) is 0 Å². The first-order valence-corrected chi connectivity index (χ1v) is 5.40. The van der Waals surface area contributed by atoms with Crippen LogP contribution in [0.25, 0.3) is 0 Å². The van der Waals surface area contributed by atoms with Crippen LogP contribution in [-0.4, -0.2) is 10.2 Å². The normalized spacial score (nSPS) is 13.9. The highest BCUT2D eigenvalue weighted by Crippen LogP contribution is 2.32. The van der Waals surface area contributed by atoms with Crippen molar-refractivity contribution in [2.45, 2.75) is 45.6 Å². The molecule has 84 valence electrons. The highest BCUT2D eigenvalue weighted by molar-refractivity contribution is 5.40. The number of benzene rings is 1. The summed E-state index contributed by atoms with van der Waals surface area (Å²) in [5.74, 6) is 0.167. The quantitative estimate of drug-likeness (QED) is 0.801. The first-order valence-electron chi connectivity index (χ1n) is 5.40. The molecule has 0 aromatic heterocycles. The molecule has 1 unspecified atom stereocenters. The fourth-order valence-corrected chi connectivity index (χ4v) is 1.51. The maximum Gasteiger partial charge on any atom is 0.121 e. The lowest BCUT2D eigenvalue weighted by atomic mass is 9.81. The van der Waals surface area contributed by atoms with Crippen molar-refractivity contribution in [3.63, 3.8) is 0 Å². The molecule has 0 aliphatic rings. The first kappa shape index (κ1) is 12.1. The number of hydrogen-bond donors (Lipinski definition) is 2. The summed E-state index contributed by atoms with van der Waals surface area (Å²) in [5.41, 5.74) is 1.84. The van der Waals surface area contributed by atoms with E-state index in [0.29, 0.717) is 5.56 Å². The zero-order valence-corrected chi connectivity index (χ0v) is 9.91. The van der Waals surface area contributed by atoms with Crippen molar-refractivity contribution < 1.29 is 10.2 Å². The molecule has 1 aromatic carbocycles. The van der Waals surface area contributed by atoms with Crippen LogP contribution in [0.15, 0.2) is 18.2 Å². The van der Waals surface area contributed by atoms with Crippen LogP contribution < -0.4 is 0 Å². The second-order valence-corrected chi connectivity index (χ2v) is 4.69. The van der Waals surface area contributed by atoms with Crippen molar-refractivity contribution in [2.24, 2.45) is 0 Å². The van der Waals surface area contributed by atoms with Crippen molar-refractivity contribution in [1.29, 1.82) is 0 Å². The molecule has 0 fully saturated rings. The monoisotopic (exact) mass is 208 g/mol. The molecule has 0 bridgehead atoms.